The Morgan fingerprint density at radius 2 is 2.03 bits per heavy atom. The van der Waals surface area contributed by atoms with Crippen molar-refractivity contribution in [2.45, 2.75) is 82.0 Å². The second kappa shape index (κ2) is 9.82. The Morgan fingerprint density at radius 1 is 1.27 bits per heavy atom. The summed E-state index contributed by atoms with van der Waals surface area (Å²) in [5.41, 5.74) is 7.02. The predicted molar refractivity (Wildman–Crippen MR) is 131 cm³/mol. The summed E-state index contributed by atoms with van der Waals surface area (Å²) in [7, 11) is 2.10. The van der Waals surface area contributed by atoms with Crippen LogP contribution in [0, 0.1) is 0 Å². The first-order chi connectivity index (χ1) is 16.0. The van der Waals surface area contributed by atoms with Crippen LogP contribution in [-0.2, 0) is 11.2 Å². The zero-order valence-electron chi connectivity index (χ0n) is 19.5. The van der Waals surface area contributed by atoms with Crippen LogP contribution in [0.2, 0.25) is 0 Å². The van der Waals surface area contributed by atoms with E-state index in [0.717, 1.165) is 80.5 Å². The number of carbonyl (C=O) groups is 1. The van der Waals surface area contributed by atoms with Crippen LogP contribution >= 0.6 is 11.3 Å². The highest BCUT2D eigenvalue weighted by Crippen LogP contribution is 2.47. The van der Waals surface area contributed by atoms with Gasteiger partial charge in [0.2, 0.25) is 5.91 Å². The number of nitrogens with two attached hydrogens (primary N) is 1. The molecule has 3 aliphatic rings. The van der Waals surface area contributed by atoms with E-state index in [-0.39, 0.29) is 11.8 Å². The molecule has 1 saturated carbocycles. The van der Waals surface area contributed by atoms with Crippen LogP contribution in [0.25, 0.3) is 10.2 Å². The van der Waals surface area contributed by atoms with Crippen molar-refractivity contribution in [1.29, 1.82) is 0 Å². The maximum Gasteiger partial charge on any atom is 0.236 e. The van der Waals surface area contributed by atoms with E-state index in [9.17, 15) is 9.90 Å². The Balaban J connectivity index is 1.22. The number of aliphatic hydroxyl groups is 1. The van der Waals surface area contributed by atoms with E-state index >= 15 is 0 Å². The number of rotatable bonds is 7. The zero-order chi connectivity index (χ0) is 22.9. The van der Waals surface area contributed by atoms with E-state index in [1.807, 2.05) is 4.90 Å². The van der Waals surface area contributed by atoms with E-state index in [0.29, 0.717) is 25.0 Å². The molecule has 2 fully saturated rings. The molecule has 8 nitrogen and oxygen atoms in total. The molecule has 33 heavy (non-hydrogen) atoms. The lowest BCUT2D eigenvalue weighted by Gasteiger charge is -2.35. The van der Waals surface area contributed by atoms with E-state index < -0.39 is 6.23 Å². The third kappa shape index (κ3) is 4.87. The molecule has 2 aromatic rings. The van der Waals surface area contributed by atoms with Crippen LogP contribution in [0.15, 0.2) is 6.33 Å². The van der Waals surface area contributed by atoms with Crippen LogP contribution in [0.1, 0.15) is 67.7 Å². The smallest absolute Gasteiger partial charge is 0.236 e. The molecule has 1 amide bonds. The van der Waals surface area contributed by atoms with Crippen LogP contribution in [0.4, 0.5) is 5.82 Å². The summed E-state index contributed by atoms with van der Waals surface area (Å²) < 4.78 is 0. The fourth-order valence-electron chi connectivity index (χ4n) is 5.97. The number of carbonyl (C=O) groups excluding carboxylic acids is 1. The first-order valence-corrected chi connectivity index (χ1v) is 13.3. The second-order valence-corrected chi connectivity index (χ2v) is 11.1. The molecule has 2 aromatic heterocycles. The van der Waals surface area contributed by atoms with Gasteiger partial charge < -0.3 is 21.1 Å². The molecular formula is C24H36N6O2S. The zero-order valence-corrected chi connectivity index (χ0v) is 20.3. The number of amides is 1. The van der Waals surface area contributed by atoms with Crippen molar-refractivity contribution in [2.24, 2.45) is 5.73 Å². The first kappa shape index (κ1) is 23.0. The molecule has 0 bridgehead atoms. The summed E-state index contributed by atoms with van der Waals surface area (Å²) in [6.45, 7) is 2.38. The lowest BCUT2D eigenvalue weighted by atomic mass is 9.90. The molecule has 3 heterocycles. The van der Waals surface area contributed by atoms with Crippen molar-refractivity contribution >= 4 is 33.3 Å². The van der Waals surface area contributed by atoms with Crippen LogP contribution in [0.5, 0.6) is 0 Å². The number of aromatic nitrogens is 2. The lowest BCUT2D eigenvalue weighted by Crippen LogP contribution is -2.44. The number of anilines is 1. The summed E-state index contributed by atoms with van der Waals surface area (Å²) in [5, 5.41) is 14.6. The topological polar surface area (TPSA) is 108 Å². The Kier molecular flexibility index (Phi) is 6.83. The normalized spacial score (nSPS) is 26.2. The molecule has 0 spiro atoms. The SMILES string of the molecule is CN(CC(=O)N1CCCC1)C1CCC(Nc2ncnc3sc4c(c23)[C@@H](CC(N)O)CC4)CC1. The van der Waals surface area contributed by atoms with Gasteiger partial charge in [0.05, 0.1) is 11.9 Å². The number of hydrogen-bond donors (Lipinski definition) is 3. The van der Waals surface area contributed by atoms with Gasteiger partial charge in [0.1, 0.15) is 23.2 Å². The first-order valence-electron chi connectivity index (χ1n) is 12.4. The van der Waals surface area contributed by atoms with Gasteiger partial charge in [-0.25, -0.2) is 9.97 Å². The highest BCUT2D eigenvalue weighted by atomic mass is 32.1. The molecule has 0 radical (unpaired) electrons. The van der Waals surface area contributed by atoms with E-state index in [2.05, 4.69) is 27.2 Å². The monoisotopic (exact) mass is 472 g/mol. The number of hydrogen-bond acceptors (Lipinski definition) is 8. The number of thiophene rings is 1. The Hall–Kier alpha value is -1.81. The van der Waals surface area contributed by atoms with E-state index in [1.165, 1.54) is 10.4 Å². The average molecular weight is 473 g/mol. The van der Waals surface area contributed by atoms with E-state index in [4.69, 9.17) is 5.73 Å². The van der Waals surface area contributed by atoms with Crippen molar-refractivity contribution in [2.75, 3.05) is 32.0 Å². The third-order valence-corrected chi connectivity index (χ3v) is 8.93. The van der Waals surface area contributed by atoms with Crippen LogP contribution < -0.4 is 11.1 Å². The molecule has 0 aromatic carbocycles. The number of likely N-dealkylation sites (N-methyl/N-ethyl adjacent to an activating group) is 1. The molecule has 2 aliphatic carbocycles. The molecule has 9 heteroatoms. The molecule has 1 unspecified atom stereocenters. The predicted octanol–water partition coefficient (Wildman–Crippen LogP) is 2.67. The number of likely N-dealkylation sites (tertiary alicyclic amines) is 1. The van der Waals surface area contributed by atoms with Crippen molar-refractivity contribution in [3.05, 3.63) is 16.8 Å². The molecule has 4 N–H and O–H groups in total. The summed E-state index contributed by atoms with van der Waals surface area (Å²) in [5.74, 6) is 1.48. The summed E-state index contributed by atoms with van der Waals surface area (Å²) >= 11 is 1.76. The number of nitrogens with one attached hydrogen (secondary N) is 1. The molecule has 1 saturated heterocycles. The quantitative estimate of drug-likeness (QED) is 0.532. The van der Waals surface area contributed by atoms with Crippen LogP contribution in [0.3, 0.4) is 0 Å². The van der Waals surface area contributed by atoms with Crippen LogP contribution in [-0.4, -0.2) is 75.8 Å². The van der Waals surface area contributed by atoms with Gasteiger partial charge in [-0.3, -0.25) is 9.69 Å². The fourth-order valence-corrected chi connectivity index (χ4v) is 7.21. The largest absolute Gasteiger partial charge is 0.379 e. The van der Waals surface area contributed by atoms with Crippen molar-refractivity contribution in [3.63, 3.8) is 0 Å². The second-order valence-electron chi connectivity index (χ2n) is 10.0. The number of nitrogens with zero attached hydrogens (tertiary/aromatic N) is 4. The van der Waals surface area contributed by atoms with Crippen molar-refractivity contribution < 1.29 is 9.90 Å². The van der Waals surface area contributed by atoms with Crippen molar-refractivity contribution in [1.82, 2.24) is 19.8 Å². The highest BCUT2D eigenvalue weighted by molar-refractivity contribution is 7.19. The molecule has 2 atom stereocenters. The maximum absolute atomic E-state index is 12.5. The summed E-state index contributed by atoms with van der Waals surface area (Å²) in [6.07, 6.45) is 10.1. The Labute approximate surface area is 199 Å². The summed E-state index contributed by atoms with van der Waals surface area (Å²) in [6, 6.07) is 0.832. The average Bonchev–Trinajstić information content (AvgIpc) is 3.52. The van der Waals surface area contributed by atoms with Gasteiger partial charge in [-0.15, -0.1) is 11.3 Å². The van der Waals surface area contributed by atoms with Gasteiger partial charge in [0.25, 0.3) is 0 Å². The standard InChI is InChI=1S/C24H36N6O2S/c1-29(13-20(32)30-10-2-3-11-30)17-7-5-16(6-8-17)28-23-22-21-15(12-19(25)31)4-9-18(21)33-24(22)27-14-26-23/h14-17,19,31H,2-13,25H2,1H3,(H,26,27,28)/t15-,16?,17?,19?/m1/s1. The Morgan fingerprint density at radius 3 is 2.76 bits per heavy atom. The number of fused-ring (bicyclic) bond motifs is 3. The molecule has 5 rings (SSSR count). The highest BCUT2D eigenvalue weighted by Gasteiger charge is 2.32. The van der Waals surface area contributed by atoms with Crippen molar-refractivity contribution in [3.8, 4) is 0 Å². The summed E-state index contributed by atoms with van der Waals surface area (Å²) in [4.78, 5) is 28.4. The fraction of sp³-hybridized carbons (Fsp3) is 0.708. The van der Waals surface area contributed by atoms with Gasteiger partial charge in [0, 0.05) is 30.1 Å². The Bertz CT molecular complexity index is 981. The van der Waals surface area contributed by atoms with Gasteiger partial charge in [-0.05, 0) is 76.3 Å². The van der Waals surface area contributed by atoms with E-state index in [1.54, 1.807) is 17.7 Å². The van der Waals surface area contributed by atoms with Gasteiger partial charge in [0.15, 0.2) is 0 Å². The molecule has 1 aliphatic heterocycles. The number of aryl methyl sites for hydroxylation is 1. The molecular weight excluding hydrogens is 436 g/mol. The lowest BCUT2D eigenvalue weighted by molar-refractivity contribution is -0.131. The molecule has 180 valence electrons. The number of aliphatic hydroxyl groups excluding tert-OH is 1. The van der Waals surface area contributed by atoms with Gasteiger partial charge in [-0.1, -0.05) is 0 Å². The maximum atomic E-state index is 12.5. The third-order valence-electron chi connectivity index (χ3n) is 7.76. The van der Waals surface area contributed by atoms with Gasteiger partial charge in [-0.2, -0.15) is 0 Å². The van der Waals surface area contributed by atoms with Gasteiger partial charge >= 0.3 is 0 Å². The minimum absolute atomic E-state index is 0.276. The minimum atomic E-state index is -0.790. The minimum Gasteiger partial charge on any atom is -0.379 e.